The van der Waals surface area contributed by atoms with Crippen molar-refractivity contribution in [1.82, 2.24) is 0 Å². The van der Waals surface area contributed by atoms with E-state index >= 15 is 0 Å². The molecule has 152 valence electrons. The lowest BCUT2D eigenvalue weighted by molar-refractivity contribution is -0.782. The second-order valence-corrected chi connectivity index (χ2v) is 5.45. The predicted molar refractivity (Wildman–Crippen MR) is 82.0 cm³/mol. The highest BCUT2D eigenvalue weighted by Gasteiger charge is 2.33. The molecule has 0 aliphatic carbocycles. The van der Waals surface area contributed by atoms with Crippen LogP contribution in [0.5, 0.6) is 0 Å². The molecule has 0 aliphatic rings. The van der Waals surface area contributed by atoms with Crippen molar-refractivity contribution >= 4 is 5.97 Å². The maximum atomic E-state index is 10.1. The van der Waals surface area contributed by atoms with Crippen LogP contribution in [0.2, 0.25) is 0 Å². The van der Waals surface area contributed by atoms with Gasteiger partial charge >= 0.3 is 5.97 Å². The van der Waals surface area contributed by atoms with Crippen LogP contribution in [0.1, 0.15) is 27.2 Å². The molecule has 0 radical (unpaired) electrons. The first-order valence-electron chi connectivity index (χ1n) is 7.17. The van der Waals surface area contributed by atoms with E-state index < -0.39 is 52.5 Å². The molecule has 26 heavy (non-hydrogen) atoms. The molecule has 0 aromatic carbocycles. The van der Waals surface area contributed by atoms with E-state index in [2.05, 4.69) is 14.5 Å². The number of aliphatic carboxylic acids is 1. The van der Waals surface area contributed by atoms with Crippen LogP contribution >= 0.6 is 0 Å². The van der Waals surface area contributed by atoms with Crippen LogP contribution in [0.4, 0.5) is 0 Å². The number of carboxylic acid groups (broad SMARTS) is 1. The fourth-order valence-corrected chi connectivity index (χ4v) is 1.29. The molecule has 0 saturated carbocycles. The van der Waals surface area contributed by atoms with Crippen LogP contribution in [0.15, 0.2) is 0 Å². The van der Waals surface area contributed by atoms with Gasteiger partial charge in [-0.3, -0.25) is 4.79 Å². The number of rotatable bonds is 12. The Morgan fingerprint density at radius 2 is 1.31 bits per heavy atom. The Labute approximate surface area is 147 Å². The summed E-state index contributed by atoms with van der Waals surface area (Å²) in [5, 5.41) is 35.1. The van der Waals surface area contributed by atoms with E-state index in [-0.39, 0.29) is 12.3 Å². The van der Waals surface area contributed by atoms with Crippen molar-refractivity contribution in [3.63, 3.8) is 0 Å². The van der Waals surface area contributed by atoms with Gasteiger partial charge in [-0.2, -0.15) is 0 Å². The first kappa shape index (κ1) is 25.3. The number of carboxylic acids is 1. The number of carbonyl (C=O) groups is 1. The zero-order valence-corrected chi connectivity index (χ0v) is 14.4. The van der Waals surface area contributed by atoms with E-state index in [1.54, 1.807) is 13.8 Å². The molecule has 0 aromatic heterocycles. The standard InChI is InChI=1S/C6H11N3O9.C5H11NO2/c1-2-6(3-16-7(10)11,4-17-8(12)13)5-18-9(14)15;1-3(2)4(6)5(7)8/h2-5H2,1H3;3-4H,6H2,1-2H3,(H,7,8)/t;4-/m.0/s1. The fraction of sp³-hybridized carbons (Fsp3) is 0.909. The maximum Gasteiger partial charge on any atom is 0.320 e. The van der Waals surface area contributed by atoms with Crippen molar-refractivity contribution < 1.29 is 39.7 Å². The van der Waals surface area contributed by atoms with Gasteiger partial charge in [0.15, 0.2) is 0 Å². The summed E-state index contributed by atoms with van der Waals surface area (Å²) in [5.41, 5.74) is 3.81. The lowest BCUT2D eigenvalue weighted by atomic mass is 9.88. The lowest BCUT2D eigenvalue weighted by Crippen LogP contribution is -2.38. The minimum atomic E-state index is -1.35. The molecule has 0 aliphatic heterocycles. The minimum absolute atomic E-state index is 0.0208. The molecule has 1 atom stereocenters. The van der Waals surface area contributed by atoms with Crippen LogP contribution in [-0.2, 0) is 19.3 Å². The van der Waals surface area contributed by atoms with E-state index in [1.165, 1.54) is 6.92 Å². The Bertz CT molecular complexity index is 439. The largest absolute Gasteiger partial charge is 0.480 e. The molecule has 0 rings (SSSR count). The third kappa shape index (κ3) is 12.5. The van der Waals surface area contributed by atoms with Crippen LogP contribution in [0, 0.1) is 41.7 Å². The van der Waals surface area contributed by atoms with Crippen molar-refractivity contribution in [2.45, 2.75) is 33.2 Å². The predicted octanol–water partition coefficient (Wildman–Crippen LogP) is 0.0620. The van der Waals surface area contributed by atoms with Gasteiger partial charge in [-0.25, -0.2) is 0 Å². The zero-order chi connectivity index (χ0) is 20.9. The van der Waals surface area contributed by atoms with Crippen molar-refractivity contribution in [3.05, 3.63) is 30.3 Å². The van der Waals surface area contributed by atoms with Gasteiger partial charge in [-0.05, 0) is 12.3 Å². The zero-order valence-electron chi connectivity index (χ0n) is 14.4. The summed E-state index contributed by atoms with van der Waals surface area (Å²) in [4.78, 5) is 52.5. The highest BCUT2D eigenvalue weighted by molar-refractivity contribution is 5.73. The Kier molecular flexibility index (Phi) is 12.1. The monoisotopic (exact) mass is 386 g/mol. The maximum absolute atomic E-state index is 10.1. The van der Waals surface area contributed by atoms with Crippen molar-refractivity contribution in [1.29, 1.82) is 0 Å². The molecule has 0 bridgehead atoms. The van der Waals surface area contributed by atoms with Gasteiger partial charge in [0, 0.05) is 5.41 Å². The van der Waals surface area contributed by atoms with Gasteiger partial charge in [0.25, 0.3) is 15.3 Å². The van der Waals surface area contributed by atoms with Crippen LogP contribution < -0.4 is 5.73 Å². The molecule has 0 heterocycles. The molecule has 3 N–H and O–H groups in total. The minimum Gasteiger partial charge on any atom is -0.480 e. The van der Waals surface area contributed by atoms with Crippen molar-refractivity contribution in [2.24, 2.45) is 17.1 Å². The second-order valence-electron chi connectivity index (χ2n) is 5.45. The topological polar surface area (TPSA) is 220 Å². The number of hydrogen-bond donors (Lipinski definition) is 2. The van der Waals surface area contributed by atoms with Gasteiger partial charge < -0.3 is 25.4 Å². The van der Waals surface area contributed by atoms with Crippen LogP contribution in [-0.4, -0.2) is 52.2 Å². The molecule has 0 unspecified atom stereocenters. The van der Waals surface area contributed by atoms with Crippen LogP contribution in [0.3, 0.4) is 0 Å². The summed E-state index contributed by atoms with van der Waals surface area (Å²) in [6, 6.07) is -0.713. The summed E-state index contributed by atoms with van der Waals surface area (Å²) in [6.07, 6.45) is 0.0858. The van der Waals surface area contributed by atoms with Gasteiger partial charge in [0.05, 0.1) is 0 Å². The smallest absolute Gasteiger partial charge is 0.320 e. The highest BCUT2D eigenvalue weighted by atomic mass is 17.0. The Morgan fingerprint density at radius 1 is 1.00 bits per heavy atom. The summed E-state index contributed by atoms with van der Waals surface area (Å²) in [6.45, 7) is 3.22. The first-order chi connectivity index (χ1) is 11.9. The Hall–Kier alpha value is -2.97. The van der Waals surface area contributed by atoms with E-state index in [1.807, 2.05) is 0 Å². The average Bonchev–Trinajstić information content (AvgIpc) is 2.53. The molecule has 15 heteroatoms. The Morgan fingerprint density at radius 3 is 1.42 bits per heavy atom. The summed E-state index contributed by atoms with van der Waals surface area (Å²) >= 11 is 0. The quantitative estimate of drug-likeness (QED) is 0.335. The first-order valence-corrected chi connectivity index (χ1v) is 7.17. The SMILES string of the molecule is CC(C)[C@H](N)C(=O)O.CCC(CO[N+](=O)[O-])(CO[N+](=O)[O-])CO[N+](=O)[O-]. The third-order valence-electron chi connectivity index (χ3n) is 3.18. The third-order valence-corrected chi connectivity index (χ3v) is 3.18. The van der Waals surface area contributed by atoms with E-state index in [9.17, 15) is 35.1 Å². The molecule has 0 aromatic rings. The summed E-state index contributed by atoms with van der Waals surface area (Å²) in [5.74, 6) is -0.910. The van der Waals surface area contributed by atoms with E-state index in [0.29, 0.717) is 0 Å². The molecule has 15 nitrogen and oxygen atoms in total. The van der Waals surface area contributed by atoms with Gasteiger partial charge in [-0.1, -0.05) is 20.8 Å². The highest BCUT2D eigenvalue weighted by Crippen LogP contribution is 2.24. The van der Waals surface area contributed by atoms with Crippen molar-refractivity contribution in [3.8, 4) is 0 Å². The molecule has 0 fully saturated rings. The normalized spacial score (nSPS) is 11.6. The molecular weight excluding hydrogens is 364 g/mol. The Balaban J connectivity index is 0. The van der Waals surface area contributed by atoms with Crippen LogP contribution in [0.25, 0.3) is 0 Å². The van der Waals surface area contributed by atoms with Gasteiger partial charge in [-0.15, -0.1) is 30.3 Å². The number of nitrogens with two attached hydrogens (primary N) is 1. The summed E-state index contributed by atoms with van der Waals surface area (Å²) in [7, 11) is 0. The van der Waals surface area contributed by atoms with E-state index in [4.69, 9.17) is 10.8 Å². The van der Waals surface area contributed by atoms with Gasteiger partial charge in [0.1, 0.15) is 25.9 Å². The summed E-state index contributed by atoms with van der Waals surface area (Å²) < 4.78 is 0. The van der Waals surface area contributed by atoms with E-state index in [0.717, 1.165) is 0 Å². The fourth-order valence-electron chi connectivity index (χ4n) is 1.29. The number of nitrogens with zero attached hydrogens (tertiary/aromatic N) is 3. The van der Waals surface area contributed by atoms with Gasteiger partial charge in [0.2, 0.25) is 0 Å². The molecule has 0 amide bonds. The average molecular weight is 386 g/mol. The second kappa shape index (κ2) is 12.4. The van der Waals surface area contributed by atoms with Crippen molar-refractivity contribution in [2.75, 3.05) is 19.8 Å². The number of hydrogen-bond acceptors (Lipinski definition) is 11. The molecule has 0 spiro atoms. The lowest BCUT2D eigenvalue weighted by Gasteiger charge is -2.28. The molecule has 0 saturated heterocycles. The molecular formula is C11H22N4O11.